The van der Waals surface area contributed by atoms with E-state index in [2.05, 4.69) is 10.6 Å². The normalized spacial score (nSPS) is 18.3. The Kier molecular flexibility index (Phi) is 10.4. The number of amides is 4. The largest absolute Gasteiger partial charge is 0.465 e. The Bertz CT molecular complexity index is 1590. The molecule has 3 aromatic rings. The van der Waals surface area contributed by atoms with Crippen LogP contribution in [0.3, 0.4) is 0 Å². The molecular formula is C35H39ClN4O7. The molecule has 0 spiro atoms. The second kappa shape index (κ2) is 14.4. The van der Waals surface area contributed by atoms with Crippen LogP contribution in [0.5, 0.6) is 0 Å². The Balaban J connectivity index is 1.21. The number of hydrogen-bond donors (Lipinski definition) is 4. The second-order valence-electron chi connectivity index (χ2n) is 12.2. The van der Waals surface area contributed by atoms with Gasteiger partial charge in [-0.25, -0.2) is 9.59 Å². The molecule has 2 aliphatic rings. The van der Waals surface area contributed by atoms with Gasteiger partial charge in [0.15, 0.2) is 0 Å². The molecule has 11 nitrogen and oxygen atoms in total. The fourth-order valence-electron chi connectivity index (χ4n) is 6.63. The highest BCUT2D eigenvalue weighted by molar-refractivity contribution is 6.30. The molecule has 4 N–H and O–H groups in total. The third-order valence-electron chi connectivity index (χ3n) is 9.18. The van der Waals surface area contributed by atoms with Crippen LogP contribution in [0.1, 0.15) is 42.4 Å². The molecule has 0 bridgehead atoms. The maximum absolute atomic E-state index is 13.8. The lowest BCUT2D eigenvalue weighted by Gasteiger charge is -2.48. The Labute approximate surface area is 278 Å². The van der Waals surface area contributed by atoms with Crippen molar-refractivity contribution in [3.63, 3.8) is 0 Å². The molecule has 1 aliphatic heterocycles. The van der Waals surface area contributed by atoms with Crippen LogP contribution in [-0.2, 0) is 20.7 Å². The van der Waals surface area contributed by atoms with Gasteiger partial charge in [-0.2, -0.15) is 0 Å². The van der Waals surface area contributed by atoms with Crippen molar-refractivity contribution in [3.05, 3.63) is 94.5 Å². The van der Waals surface area contributed by atoms with Crippen LogP contribution in [0.4, 0.5) is 9.59 Å². The number of aliphatic hydroxyl groups excluding tert-OH is 1. The Morgan fingerprint density at radius 3 is 2.21 bits per heavy atom. The van der Waals surface area contributed by atoms with E-state index in [1.165, 1.54) is 16.7 Å². The molecular weight excluding hydrogens is 624 g/mol. The first-order chi connectivity index (χ1) is 22.5. The summed E-state index contributed by atoms with van der Waals surface area (Å²) in [6.45, 7) is 1.21. The first kappa shape index (κ1) is 33.7. The number of benzene rings is 3. The van der Waals surface area contributed by atoms with Crippen LogP contribution < -0.4 is 10.6 Å². The average Bonchev–Trinajstić information content (AvgIpc) is 3.40. The number of likely N-dealkylation sites (tertiary alicyclic amines) is 1. The van der Waals surface area contributed by atoms with Crippen molar-refractivity contribution in [2.24, 2.45) is 0 Å². The first-order valence-corrected chi connectivity index (χ1v) is 15.9. The number of carboxylic acid groups (broad SMARTS) is 1. The number of alkyl carbamates (subject to hydrolysis) is 1. The fraction of sp³-hybridized carbons (Fsp3) is 0.371. The highest BCUT2D eigenvalue weighted by Gasteiger charge is 2.44. The second-order valence-corrected chi connectivity index (χ2v) is 12.6. The van der Waals surface area contributed by atoms with E-state index in [9.17, 15) is 29.4 Å². The Hall–Kier alpha value is -4.61. The highest BCUT2D eigenvalue weighted by atomic mass is 35.5. The summed E-state index contributed by atoms with van der Waals surface area (Å²) in [5.74, 6) is -1.43. The lowest BCUT2D eigenvalue weighted by molar-refractivity contribution is -0.143. The molecule has 12 heteroatoms. The molecule has 1 fully saturated rings. The highest BCUT2D eigenvalue weighted by Crippen LogP contribution is 2.44. The SMILES string of the molecule is CC(NC(=O)OCC1c2ccccc2-c2ccccc21)C(=O)NC(CO)C(=O)N(C)[C@@]1(Cc2ccc(Cl)cc2)CCCN(C(=O)O)C1. The summed E-state index contributed by atoms with van der Waals surface area (Å²) in [5, 5.41) is 25.5. The number of hydrogen-bond acceptors (Lipinski definition) is 6. The van der Waals surface area contributed by atoms with Crippen LogP contribution in [0.2, 0.25) is 5.02 Å². The zero-order valence-corrected chi connectivity index (χ0v) is 27.1. The molecule has 0 radical (unpaired) electrons. The van der Waals surface area contributed by atoms with E-state index >= 15 is 0 Å². The van der Waals surface area contributed by atoms with Crippen LogP contribution in [0.25, 0.3) is 11.1 Å². The van der Waals surface area contributed by atoms with Gasteiger partial charge in [0.25, 0.3) is 0 Å². The molecule has 0 saturated carbocycles. The minimum Gasteiger partial charge on any atom is -0.465 e. The zero-order valence-electron chi connectivity index (χ0n) is 26.3. The molecule has 5 rings (SSSR count). The van der Waals surface area contributed by atoms with Crippen molar-refractivity contribution in [1.29, 1.82) is 0 Å². The number of fused-ring (bicyclic) bond motifs is 3. The predicted octanol–water partition coefficient (Wildman–Crippen LogP) is 4.26. The van der Waals surface area contributed by atoms with E-state index in [0.717, 1.165) is 27.8 Å². The predicted molar refractivity (Wildman–Crippen MR) is 176 cm³/mol. The quantitative estimate of drug-likeness (QED) is 0.254. The lowest BCUT2D eigenvalue weighted by atomic mass is 9.81. The van der Waals surface area contributed by atoms with E-state index in [1.807, 2.05) is 60.7 Å². The van der Waals surface area contributed by atoms with Gasteiger partial charge in [-0.15, -0.1) is 0 Å². The van der Waals surface area contributed by atoms with E-state index in [-0.39, 0.29) is 19.1 Å². The third kappa shape index (κ3) is 7.36. The number of carbonyl (C=O) groups is 4. The molecule has 2 unspecified atom stereocenters. The van der Waals surface area contributed by atoms with Crippen molar-refractivity contribution >= 4 is 35.6 Å². The van der Waals surface area contributed by atoms with Gasteiger partial charge < -0.3 is 35.4 Å². The zero-order chi connectivity index (χ0) is 33.7. The summed E-state index contributed by atoms with van der Waals surface area (Å²) >= 11 is 6.06. The maximum atomic E-state index is 13.8. The van der Waals surface area contributed by atoms with Gasteiger partial charge in [0, 0.05) is 31.1 Å². The van der Waals surface area contributed by atoms with E-state index in [1.54, 1.807) is 19.2 Å². The lowest BCUT2D eigenvalue weighted by Crippen LogP contribution is -2.64. The van der Waals surface area contributed by atoms with Gasteiger partial charge in [-0.1, -0.05) is 72.3 Å². The molecule has 3 aromatic carbocycles. The summed E-state index contributed by atoms with van der Waals surface area (Å²) < 4.78 is 5.55. The average molecular weight is 663 g/mol. The minimum absolute atomic E-state index is 0.0546. The van der Waals surface area contributed by atoms with E-state index in [4.69, 9.17) is 16.3 Å². The fourth-order valence-corrected chi connectivity index (χ4v) is 6.75. The third-order valence-corrected chi connectivity index (χ3v) is 9.43. The number of carbonyl (C=O) groups excluding carboxylic acids is 3. The molecule has 248 valence electrons. The molecule has 3 atom stereocenters. The van der Waals surface area contributed by atoms with Gasteiger partial charge in [-0.05, 0) is 66.1 Å². The smallest absolute Gasteiger partial charge is 0.407 e. The number of likely N-dealkylation sites (N-methyl/N-ethyl adjacent to an activating group) is 1. The number of ether oxygens (including phenoxy) is 1. The summed E-state index contributed by atoms with van der Waals surface area (Å²) in [7, 11) is 1.55. The van der Waals surface area contributed by atoms with Gasteiger partial charge in [0.05, 0.1) is 12.1 Å². The maximum Gasteiger partial charge on any atom is 0.407 e. The molecule has 47 heavy (non-hydrogen) atoms. The van der Waals surface area contributed by atoms with Crippen LogP contribution in [0.15, 0.2) is 72.8 Å². The summed E-state index contributed by atoms with van der Waals surface area (Å²) in [4.78, 5) is 54.3. The van der Waals surface area contributed by atoms with Crippen molar-refractivity contribution < 1.29 is 34.1 Å². The van der Waals surface area contributed by atoms with E-state index < -0.39 is 48.2 Å². The van der Waals surface area contributed by atoms with E-state index in [0.29, 0.717) is 30.8 Å². The molecule has 1 heterocycles. The Morgan fingerprint density at radius 1 is 1.00 bits per heavy atom. The molecule has 0 aromatic heterocycles. The summed E-state index contributed by atoms with van der Waals surface area (Å²) in [6.07, 6.45) is -0.521. The number of rotatable bonds is 10. The molecule has 4 amide bonds. The van der Waals surface area contributed by atoms with Crippen molar-refractivity contribution in [1.82, 2.24) is 20.4 Å². The number of piperidine rings is 1. The molecule has 1 saturated heterocycles. The monoisotopic (exact) mass is 662 g/mol. The van der Waals surface area contributed by atoms with Gasteiger partial charge >= 0.3 is 12.2 Å². The van der Waals surface area contributed by atoms with Crippen LogP contribution in [0, 0.1) is 0 Å². The van der Waals surface area contributed by atoms with Crippen LogP contribution in [-0.4, -0.2) is 95.0 Å². The number of nitrogens with one attached hydrogen (secondary N) is 2. The summed E-state index contributed by atoms with van der Waals surface area (Å²) in [6, 6.07) is 20.6. The first-order valence-electron chi connectivity index (χ1n) is 15.6. The topological polar surface area (TPSA) is 149 Å². The number of aliphatic hydroxyl groups is 1. The number of halogens is 1. The van der Waals surface area contributed by atoms with Crippen LogP contribution >= 0.6 is 11.6 Å². The van der Waals surface area contributed by atoms with Crippen molar-refractivity contribution in [3.8, 4) is 11.1 Å². The summed E-state index contributed by atoms with van der Waals surface area (Å²) in [5.41, 5.74) is 4.21. The van der Waals surface area contributed by atoms with Gasteiger partial charge in [-0.3, -0.25) is 9.59 Å². The van der Waals surface area contributed by atoms with Gasteiger partial charge in [0.1, 0.15) is 18.7 Å². The minimum atomic E-state index is -1.33. The standard InChI is InChI=1S/C35H39ClN4O7/c1-22(37-33(44)47-20-29-27-10-5-3-8-25(27)26-9-4-6-11-28(26)29)31(42)38-30(19-41)32(43)39(2)35(16-7-17-40(21-35)34(45)46)18-23-12-14-24(36)15-13-23/h3-6,8-15,22,29-30,41H,7,16-21H2,1-2H3,(H,37,44)(H,38,42)(H,45,46)/t22?,30?,35-/m1/s1. The Morgan fingerprint density at radius 2 is 1.62 bits per heavy atom. The number of nitrogens with zero attached hydrogens (tertiary/aromatic N) is 2. The molecule has 1 aliphatic carbocycles. The van der Waals surface area contributed by atoms with Crippen molar-refractivity contribution in [2.75, 3.05) is 33.4 Å². The van der Waals surface area contributed by atoms with Crippen molar-refractivity contribution in [2.45, 2.75) is 49.7 Å². The van der Waals surface area contributed by atoms with Gasteiger partial charge in [0.2, 0.25) is 11.8 Å².